The lowest BCUT2D eigenvalue weighted by molar-refractivity contribution is 0.0686. The first kappa shape index (κ1) is 10.2. The van der Waals surface area contributed by atoms with Gasteiger partial charge in [-0.15, -0.1) is 0 Å². The highest BCUT2D eigenvalue weighted by atomic mass is 35.5. The maximum Gasteiger partial charge on any atom is 0.341 e. The van der Waals surface area contributed by atoms with E-state index < -0.39 is 28.2 Å². The summed E-state index contributed by atoms with van der Waals surface area (Å²) in [6.45, 7) is 0. The molecule has 0 saturated heterocycles. The first-order chi connectivity index (χ1) is 5.95. The lowest BCUT2D eigenvalue weighted by atomic mass is 10.2. The number of hydrogen-bond acceptors (Lipinski definition) is 1. The third-order valence-electron chi connectivity index (χ3n) is 1.33. The minimum atomic E-state index is -1.73. The summed E-state index contributed by atoms with van der Waals surface area (Å²) in [5.74, 6) is -4.34. The van der Waals surface area contributed by atoms with Crippen LogP contribution < -0.4 is 0 Å². The predicted octanol–water partition coefficient (Wildman–Crippen LogP) is 2.97. The molecule has 0 saturated carbocycles. The van der Waals surface area contributed by atoms with E-state index in [9.17, 15) is 13.6 Å². The molecule has 70 valence electrons. The van der Waals surface area contributed by atoms with E-state index >= 15 is 0 Å². The lowest BCUT2D eigenvalue weighted by Crippen LogP contribution is -2.05. The van der Waals surface area contributed by atoms with Crippen LogP contribution in [-0.2, 0) is 0 Å². The van der Waals surface area contributed by atoms with Gasteiger partial charge >= 0.3 is 5.97 Å². The molecule has 0 spiro atoms. The van der Waals surface area contributed by atoms with Crippen LogP contribution >= 0.6 is 23.2 Å². The van der Waals surface area contributed by atoms with Crippen molar-refractivity contribution >= 4 is 29.2 Å². The third-order valence-corrected chi connectivity index (χ3v) is 2.09. The molecule has 0 radical (unpaired) electrons. The monoisotopic (exact) mass is 226 g/mol. The zero-order valence-corrected chi connectivity index (χ0v) is 7.46. The molecule has 1 rings (SSSR count). The fourth-order valence-corrected chi connectivity index (χ4v) is 1.09. The molecule has 6 heteroatoms. The van der Waals surface area contributed by atoms with Crippen molar-refractivity contribution in [1.29, 1.82) is 0 Å². The highest BCUT2D eigenvalue weighted by Crippen LogP contribution is 2.29. The van der Waals surface area contributed by atoms with Crippen LogP contribution in [0.5, 0.6) is 0 Å². The molecule has 0 amide bonds. The predicted molar refractivity (Wildman–Crippen MR) is 43.3 cm³/mol. The maximum atomic E-state index is 12.9. The summed E-state index contributed by atoms with van der Waals surface area (Å²) in [6, 6.07) is 0.649. The molecule has 13 heavy (non-hydrogen) atoms. The molecule has 1 aromatic rings. The van der Waals surface area contributed by atoms with Crippen molar-refractivity contribution in [2.45, 2.75) is 0 Å². The maximum absolute atomic E-state index is 12.9. The number of hydrogen-bond donors (Lipinski definition) is 1. The van der Waals surface area contributed by atoms with E-state index in [1.165, 1.54) is 0 Å². The van der Waals surface area contributed by atoms with Crippen molar-refractivity contribution in [3.8, 4) is 0 Å². The standard InChI is InChI=1S/C7H2Cl2F2O2/c8-2-1-3(10)4(7(12)13)6(11)5(2)9/h1H,(H,12,13). The quantitative estimate of drug-likeness (QED) is 0.591. The van der Waals surface area contributed by atoms with Crippen LogP contribution in [0.2, 0.25) is 10.0 Å². The molecule has 0 aliphatic carbocycles. The highest BCUT2D eigenvalue weighted by molar-refractivity contribution is 6.42. The topological polar surface area (TPSA) is 37.3 Å². The van der Waals surface area contributed by atoms with Crippen molar-refractivity contribution in [2.75, 3.05) is 0 Å². The number of aromatic carboxylic acids is 1. The Morgan fingerprint density at radius 1 is 1.38 bits per heavy atom. The summed E-state index contributed by atoms with van der Waals surface area (Å²) in [4.78, 5) is 10.3. The molecule has 0 heterocycles. The Morgan fingerprint density at radius 2 is 1.92 bits per heavy atom. The molecular weight excluding hydrogens is 225 g/mol. The highest BCUT2D eigenvalue weighted by Gasteiger charge is 2.21. The van der Waals surface area contributed by atoms with Gasteiger partial charge in [0.15, 0.2) is 5.82 Å². The molecule has 1 aromatic carbocycles. The number of carboxylic acids is 1. The number of rotatable bonds is 1. The normalized spacial score (nSPS) is 10.2. The minimum Gasteiger partial charge on any atom is -0.477 e. The molecule has 0 unspecified atom stereocenters. The Bertz CT molecular complexity index is 379. The van der Waals surface area contributed by atoms with Crippen LogP contribution in [0.1, 0.15) is 10.4 Å². The van der Waals surface area contributed by atoms with Crippen LogP contribution in [0.15, 0.2) is 6.07 Å². The Labute approximate surface area is 81.7 Å². The number of carbonyl (C=O) groups is 1. The van der Waals surface area contributed by atoms with Gasteiger partial charge in [-0.1, -0.05) is 23.2 Å². The van der Waals surface area contributed by atoms with E-state index in [4.69, 9.17) is 28.3 Å². The smallest absolute Gasteiger partial charge is 0.341 e. The minimum absolute atomic E-state index is 0.360. The van der Waals surface area contributed by atoms with Crippen molar-refractivity contribution < 1.29 is 18.7 Å². The van der Waals surface area contributed by atoms with Gasteiger partial charge < -0.3 is 5.11 Å². The first-order valence-electron chi connectivity index (χ1n) is 3.01. The Balaban J connectivity index is 3.53. The van der Waals surface area contributed by atoms with Gasteiger partial charge in [-0.3, -0.25) is 0 Å². The van der Waals surface area contributed by atoms with Crippen LogP contribution in [-0.4, -0.2) is 11.1 Å². The number of carboxylic acid groups (broad SMARTS) is 1. The van der Waals surface area contributed by atoms with Crippen LogP contribution in [0.25, 0.3) is 0 Å². The molecule has 0 fully saturated rings. The number of benzene rings is 1. The lowest BCUT2D eigenvalue weighted by Gasteiger charge is -2.02. The second-order valence-corrected chi connectivity index (χ2v) is 2.93. The molecule has 0 bridgehead atoms. The van der Waals surface area contributed by atoms with E-state index in [1.54, 1.807) is 0 Å². The fourth-order valence-electron chi connectivity index (χ4n) is 0.762. The third kappa shape index (κ3) is 1.73. The van der Waals surface area contributed by atoms with Crippen molar-refractivity contribution in [2.24, 2.45) is 0 Å². The van der Waals surface area contributed by atoms with Crippen LogP contribution in [0, 0.1) is 11.6 Å². The van der Waals surface area contributed by atoms with Gasteiger partial charge in [0, 0.05) is 0 Å². The number of halogens is 4. The average molecular weight is 227 g/mol. The summed E-state index contributed by atoms with van der Waals surface area (Å²) in [7, 11) is 0. The van der Waals surface area contributed by atoms with E-state index in [0.717, 1.165) is 0 Å². The molecule has 0 aliphatic rings. The molecule has 0 aromatic heterocycles. The van der Waals surface area contributed by atoms with E-state index in [-0.39, 0.29) is 5.02 Å². The molecule has 2 nitrogen and oxygen atoms in total. The van der Waals surface area contributed by atoms with E-state index in [1.807, 2.05) is 0 Å². The largest absolute Gasteiger partial charge is 0.477 e. The van der Waals surface area contributed by atoms with Crippen molar-refractivity contribution in [1.82, 2.24) is 0 Å². The van der Waals surface area contributed by atoms with Gasteiger partial charge in [-0.05, 0) is 6.07 Å². The van der Waals surface area contributed by atoms with Crippen molar-refractivity contribution in [3.05, 3.63) is 33.3 Å². The van der Waals surface area contributed by atoms with Crippen molar-refractivity contribution in [3.63, 3.8) is 0 Å². The molecule has 0 atom stereocenters. The Kier molecular flexibility index (Phi) is 2.73. The van der Waals surface area contributed by atoms with E-state index in [2.05, 4.69) is 0 Å². The SMILES string of the molecule is O=C(O)c1c(F)cc(Cl)c(Cl)c1F. The molecule has 1 N–H and O–H groups in total. The van der Waals surface area contributed by atoms with Gasteiger partial charge in [0.25, 0.3) is 0 Å². The Hall–Kier alpha value is -0.870. The van der Waals surface area contributed by atoms with Gasteiger partial charge in [-0.25, -0.2) is 13.6 Å². The summed E-state index contributed by atoms with van der Waals surface area (Å²) in [5, 5.41) is 7.42. The van der Waals surface area contributed by atoms with Crippen LogP contribution in [0.3, 0.4) is 0 Å². The average Bonchev–Trinajstić information content (AvgIpc) is 1.99. The zero-order valence-electron chi connectivity index (χ0n) is 5.94. The zero-order chi connectivity index (χ0) is 10.2. The van der Waals surface area contributed by atoms with Gasteiger partial charge in [-0.2, -0.15) is 0 Å². The Morgan fingerprint density at radius 3 is 2.38 bits per heavy atom. The van der Waals surface area contributed by atoms with Gasteiger partial charge in [0.1, 0.15) is 11.4 Å². The van der Waals surface area contributed by atoms with Gasteiger partial charge in [0.2, 0.25) is 0 Å². The summed E-state index contributed by atoms with van der Waals surface area (Å²) < 4.78 is 25.7. The second kappa shape index (κ2) is 3.47. The summed E-state index contributed by atoms with van der Waals surface area (Å²) in [5.41, 5.74) is -1.10. The molecular formula is C7H2Cl2F2O2. The summed E-state index contributed by atoms with van der Waals surface area (Å²) >= 11 is 10.6. The molecule has 0 aliphatic heterocycles. The first-order valence-corrected chi connectivity index (χ1v) is 3.77. The van der Waals surface area contributed by atoms with Gasteiger partial charge in [0.05, 0.1) is 10.0 Å². The second-order valence-electron chi connectivity index (χ2n) is 2.15. The van der Waals surface area contributed by atoms with E-state index in [0.29, 0.717) is 6.07 Å². The fraction of sp³-hybridized carbons (Fsp3) is 0. The summed E-state index contributed by atoms with van der Waals surface area (Å²) in [6.07, 6.45) is 0. The van der Waals surface area contributed by atoms with Crippen LogP contribution in [0.4, 0.5) is 8.78 Å².